The molecule has 186 valence electrons. The van der Waals surface area contributed by atoms with Crippen LogP contribution in [-0.2, 0) is 19.3 Å². The molecule has 6 rings (SSSR count). The summed E-state index contributed by atoms with van der Waals surface area (Å²) in [7, 11) is 0. The van der Waals surface area contributed by atoms with Crippen LogP contribution in [-0.4, -0.2) is 47.1 Å². The van der Waals surface area contributed by atoms with Gasteiger partial charge in [-0.3, -0.25) is 0 Å². The molecule has 0 radical (unpaired) electrons. The Morgan fingerprint density at radius 1 is 1.00 bits per heavy atom. The standard InChI is InChI=1S/C29H33N5OS/c1-2-3-15-25-31-27(26-22-12-6-7-14-24(22)36-28(26)32-25)33-16-18-34(19-17-33)29(35)30-23-13-8-10-20-9-4-5-11-21(20)23/h4-5,8-11,13H,2-3,6-7,12,14-19H2,1H3,(H,30,35). The first-order valence-corrected chi connectivity index (χ1v) is 14.1. The van der Waals surface area contributed by atoms with Crippen molar-refractivity contribution in [1.82, 2.24) is 14.9 Å². The number of fused-ring (bicyclic) bond motifs is 4. The molecule has 3 heterocycles. The fraction of sp³-hybridized carbons (Fsp3) is 0.414. The molecule has 1 N–H and O–H groups in total. The molecule has 0 bridgehead atoms. The molecule has 1 saturated heterocycles. The van der Waals surface area contributed by atoms with Crippen LogP contribution in [0.2, 0.25) is 0 Å². The number of urea groups is 1. The predicted octanol–water partition coefficient (Wildman–Crippen LogP) is 6.42. The molecule has 6 nitrogen and oxygen atoms in total. The fourth-order valence-corrected chi connectivity index (χ4v) is 6.78. The van der Waals surface area contributed by atoms with Gasteiger partial charge < -0.3 is 15.1 Å². The summed E-state index contributed by atoms with van der Waals surface area (Å²) in [5.41, 5.74) is 2.35. The highest BCUT2D eigenvalue weighted by Crippen LogP contribution is 2.40. The number of nitrogens with zero attached hydrogens (tertiary/aromatic N) is 4. The molecule has 2 aromatic carbocycles. The first-order chi connectivity index (χ1) is 17.7. The smallest absolute Gasteiger partial charge is 0.321 e. The van der Waals surface area contributed by atoms with E-state index in [1.54, 1.807) is 0 Å². The van der Waals surface area contributed by atoms with Crippen molar-refractivity contribution in [3.8, 4) is 0 Å². The van der Waals surface area contributed by atoms with Gasteiger partial charge in [0, 0.05) is 42.9 Å². The molecule has 0 unspecified atom stereocenters. The number of amides is 2. The number of carbonyl (C=O) groups excluding carboxylic acids is 1. The summed E-state index contributed by atoms with van der Waals surface area (Å²) in [6, 6.07) is 14.2. The average molecular weight is 500 g/mol. The molecule has 0 saturated carbocycles. The first kappa shape index (κ1) is 23.2. The third-order valence-corrected chi connectivity index (χ3v) is 8.68. The summed E-state index contributed by atoms with van der Waals surface area (Å²) < 4.78 is 0. The third-order valence-electron chi connectivity index (χ3n) is 7.49. The van der Waals surface area contributed by atoms with Crippen molar-refractivity contribution < 1.29 is 4.79 Å². The maximum atomic E-state index is 13.2. The lowest BCUT2D eigenvalue weighted by atomic mass is 9.97. The maximum Gasteiger partial charge on any atom is 0.321 e. The molecule has 1 aliphatic heterocycles. The van der Waals surface area contributed by atoms with Crippen LogP contribution in [0.15, 0.2) is 42.5 Å². The number of piperazine rings is 1. The number of rotatable bonds is 5. The van der Waals surface area contributed by atoms with Crippen molar-refractivity contribution in [1.29, 1.82) is 0 Å². The number of aromatic nitrogens is 2. The maximum absolute atomic E-state index is 13.2. The van der Waals surface area contributed by atoms with E-state index in [2.05, 4.69) is 35.3 Å². The zero-order valence-corrected chi connectivity index (χ0v) is 21.7. The van der Waals surface area contributed by atoms with Crippen LogP contribution in [0.25, 0.3) is 21.0 Å². The summed E-state index contributed by atoms with van der Waals surface area (Å²) in [4.78, 5) is 30.3. The van der Waals surface area contributed by atoms with Crippen molar-refractivity contribution in [3.05, 3.63) is 58.7 Å². The van der Waals surface area contributed by atoms with Crippen LogP contribution >= 0.6 is 11.3 Å². The average Bonchev–Trinajstić information content (AvgIpc) is 3.30. The number of nitrogens with one attached hydrogen (secondary N) is 1. The molecule has 4 aromatic rings. The second-order valence-electron chi connectivity index (χ2n) is 9.89. The first-order valence-electron chi connectivity index (χ1n) is 13.3. The predicted molar refractivity (Wildman–Crippen MR) is 149 cm³/mol. The van der Waals surface area contributed by atoms with E-state index < -0.39 is 0 Å². The van der Waals surface area contributed by atoms with Gasteiger partial charge in [-0.25, -0.2) is 14.8 Å². The molecular formula is C29H33N5OS. The topological polar surface area (TPSA) is 61.4 Å². The Kier molecular flexibility index (Phi) is 6.48. The molecule has 1 fully saturated rings. The number of hydrogen-bond acceptors (Lipinski definition) is 5. The zero-order valence-electron chi connectivity index (χ0n) is 20.9. The highest BCUT2D eigenvalue weighted by molar-refractivity contribution is 7.19. The highest BCUT2D eigenvalue weighted by Gasteiger charge is 2.27. The summed E-state index contributed by atoms with van der Waals surface area (Å²) in [6.07, 6.45) is 8.00. The summed E-state index contributed by atoms with van der Waals surface area (Å²) in [5, 5.41) is 6.63. The molecule has 1 aliphatic carbocycles. The molecule has 7 heteroatoms. The Bertz CT molecular complexity index is 1400. The van der Waals surface area contributed by atoms with E-state index in [0.29, 0.717) is 13.1 Å². The van der Waals surface area contributed by atoms with Gasteiger partial charge >= 0.3 is 6.03 Å². The number of carbonyl (C=O) groups is 1. The minimum Gasteiger partial charge on any atom is -0.352 e. The number of hydrogen-bond donors (Lipinski definition) is 1. The van der Waals surface area contributed by atoms with E-state index in [0.717, 1.165) is 71.7 Å². The number of benzene rings is 2. The number of thiophene rings is 1. The van der Waals surface area contributed by atoms with Crippen LogP contribution in [0.5, 0.6) is 0 Å². The van der Waals surface area contributed by atoms with Crippen LogP contribution in [0, 0.1) is 0 Å². The van der Waals surface area contributed by atoms with Gasteiger partial charge in [-0.05, 0) is 49.1 Å². The SMILES string of the molecule is CCCCc1nc(N2CCN(C(=O)Nc3cccc4ccccc34)CC2)c2c3c(sc2n1)CCCC3. The Labute approximate surface area is 216 Å². The van der Waals surface area contributed by atoms with Gasteiger partial charge in [-0.1, -0.05) is 49.7 Å². The van der Waals surface area contributed by atoms with Crippen molar-refractivity contribution in [2.75, 3.05) is 36.4 Å². The van der Waals surface area contributed by atoms with E-state index in [-0.39, 0.29) is 6.03 Å². The second kappa shape index (κ2) is 10.1. The molecule has 36 heavy (non-hydrogen) atoms. The van der Waals surface area contributed by atoms with Gasteiger partial charge in [-0.15, -0.1) is 11.3 Å². The van der Waals surface area contributed by atoms with Gasteiger partial charge in [0.05, 0.1) is 11.1 Å². The third kappa shape index (κ3) is 4.41. The molecule has 0 atom stereocenters. The van der Waals surface area contributed by atoms with E-state index in [1.165, 1.54) is 35.1 Å². The van der Waals surface area contributed by atoms with E-state index in [1.807, 2.05) is 40.5 Å². The number of aryl methyl sites for hydroxylation is 3. The van der Waals surface area contributed by atoms with Gasteiger partial charge in [-0.2, -0.15) is 0 Å². The second-order valence-corrected chi connectivity index (χ2v) is 11.0. The van der Waals surface area contributed by atoms with Gasteiger partial charge in [0.25, 0.3) is 0 Å². The Morgan fingerprint density at radius 2 is 1.81 bits per heavy atom. The van der Waals surface area contributed by atoms with Crippen LogP contribution in [0.4, 0.5) is 16.3 Å². The zero-order chi connectivity index (χ0) is 24.5. The number of anilines is 2. The van der Waals surface area contributed by atoms with E-state index in [4.69, 9.17) is 9.97 Å². The van der Waals surface area contributed by atoms with E-state index in [9.17, 15) is 4.79 Å². The summed E-state index contributed by atoms with van der Waals surface area (Å²) >= 11 is 1.88. The minimum atomic E-state index is -0.0321. The monoisotopic (exact) mass is 499 g/mol. The van der Waals surface area contributed by atoms with Crippen LogP contribution < -0.4 is 10.2 Å². The fourth-order valence-electron chi connectivity index (χ4n) is 5.51. The molecule has 2 amide bonds. The van der Waals surface area contributed by atoms with Crippen molar-refractivity contribution in [2.45, 2.75) is 51.9 Å². The molecule has 0 spiro atoms. The van der Waals surface area contributed by atoms with Gasteiger partial charge in [0.2, 0.25) is 0 Å². The van der Waals surface area contributed by atoms with Crippen LogP contribution in [0.3, 0.4) is 0 Å². The Hall–Kier alpha value is -3.19. The molecular weight excluding hydrogens is 466 g/mol. The van der Waals surface area contributed by atoms with E-state index >= 15 is 0 Å². The van der Waals surface area contributed by atoms with Gasteiger partial charge in [0.15, 0.2) is 0 Å². The summed E-state index contributed by atoms with van der Waals surface area (Å²) in [6.45, 7) is 5.14. The molecule has 2 aliphatic rings. The molecule has 2 aromatic heterocycles. The lowest BCUT2D eigenvalue weighted by Crippen LogP contribution is -2.50. The number of unbranched alkanes of at least 4 members (excludes halogenated alkanes) is 1. The van der Waals surface area contributed by atoms with Crippen molar-refractivity contribution >= 4 is 49.9 Å². The highest BCUT2D eigenvalue weighted by atomic mass is 32.1. The Morgan fingerprint density at radius 3 is 2.67 bits per heavy atom. The normalized spacial score (nSPS) is 15.9. The van der Waals surface area contributed by atoms with Crippen molar-refractivity contribution in [3.63, 3.8) is 0 Å². The lowest BCUT2D eigenvalue weighted by Gasteiger charge is -2.36. The van der Waals surface area contributed by atoms with Crippen molar-refractivity contribution in [2.24, 2.45) is 0 Å². The Balaban J connectivity index is 1.22. The summed E-state index contributed by atoms with van der Waals surface area (Å²) in [5.74, 6) is 2.06. The van der Waals surface area contributed by atoms with Crippen LogP contribution in [0.1, 0.15) is 48.9 Å². The largest absolute Gasteiger partial charge is 0.352 e. The van der Waals surface area contributed by atoms with Gasteiger partial charge in [0.1, 0.15) is 16.5 Å². The minimum absolute atomic E-state index is 0.0321. The quantitative estimate of drug-likeness (QED) is 0.344. The lowest BCUT2D eigenvalue weighted by molar-refractivity contribution is 0.208.